The zero-order chi connectivity index (χ0) is 9.69. The summed E-state index contributed by atoms with van der Waals surface area (Å²) in [6.45, 7) is 6.97. The van der Waals surface area contributed by atoms with E-state index in [2.05, 4.69) is 20.8 Å². The lowest BCUT2D eigenvalue weighted by molar-refractivity contribution is 0.0512. The molecule has 3 atom stereocenters. The third-order valence-electron chi connectivity index (χ3n) is 5.40. The van der Waals surface area contributed by atoms with Crippen LogP contribution < -0.4 is 5.73 Å². The van der Waals surface area contributed by atoms with E-state index in [9.17, 15) is 0 Å². The fourth-order valence-electron chi connectivity index (χ4n) is 4.46. The Hall–Kier alpha value is -0.0400. The second-order valence-corrected chi connectivity index (χ2v) is 5.35. The van der Waals surface area contributed by atoms with Gasteiger partial charge in [-0.15, -0.1) is 0 Å². The molecule has 0 aromatic heterocycles. The zero-order valence-electron chi connectivity index (χ0n) is 9.27. The molecule has 1 heteroatoms. The van der Waals surface area contributed by atoms with Crippen LogP contribution in [0, 0.1) is 17.3 Å². The standard InChI is InChI=1S/C12H23N/c1-4-12(5-2)10-7-6-9(8-10)11(12,3)13/h9-10H,4-8,13H2,1-3H3/t9?,10-,11-/m0/s1. The second kappa shape index (κ2) is 2.73. The van der Waals surface area contributed by atoms with E-state index in [4.69, 9.17) is 5.73 Å². The molecule has 2 N–H and O–H groups in total. The van der Waals surface area contributed by atoms with E-state index in [0.29, 0.717) is 5.41 Å². The maximum atomic E-state index is 6.56. The van der Waals surface area contributed by atoms with Crippen LogP contribution in [0.4, 0.5) is 0 Å². The Morgan fingerprint density at radius 3 is 2.00 bits per heavy atom. The van der Waals surface area contributed by atoms with Gasteiger partial charge >= 0.3 is 0 Å². The predicted octanol–water partition coefficient (Wildman–Crippen LogP) is 2.94. The van der Waals surface area contributed by atoms with Gasteiger partial charge in [-0.3, -0.25) is 0 Å². The molecule has 13 heavy (non-hydrogen) atoms. The van der Waals surface area contributed by atoms with Crippen molar-refractivity contribution in [2.45, 2.75) is 58.4 Å². The van der Waals surface area contributed by atoms with Gasteiger partial charge in [-0.1, -0.05) is 13.8 Å². The van der Waals surface area contributed by atoms with E-state index in [-0.39, 0.29) is 5.54 Å². The Morgan fingerprint density at radius 1 is 1.15 bits per heavy atom. The van der Waals surface area contributed by atoms with Gasteiger partial charge in [0.05, 0.1) is 0 Å². The van der Waals surface area contributed by atoms with Gasteiger partial charge in [0, 0.05) is 5.54 Å². The lowest BCUT2D eigenvalue weighted by Gasteiger charge is -2.49. The van der Waals surface area contributed by atoms with Gasteiger partial charge < -0.3 is 5.73 Å². The Labute approximate surface area is 82.1 Å². The van der Waals surface area contributed by atoms with Crippen LogP contribution in [-0.2, 0) is 0 Å². The van der Waals surface area contributed by atoms with Crippen LogP contribution in [0.3, 0.4) is 0 Å². The summed E-state index contributed by atoms with van der Waals surface area (Å²) in [4.78, 5) is 0. The summed E-state index contributed by atoms with van der Waals surface area (Å²) in [7, 11) is 0. The molecule has 1 nitrogen and oxygen atoms in total. The maximum absolute atomic E-state index is 6.56. The molecule has 2 rings (SSSR count). The van der Waals surface area contributed by atoms with Crippen molar-refractivity contribution >= 4 is 0 Å². The highest BCUT2D eigenvalue weighted by atomic mass is 14.9. The van der Waals surface area contributed by atoms with Gasteiger partial charge in [-0.05, 0) is 56.3 Å². The lowest BCUT2D eigenvalue weighted by atomic mass is 9.59. The average molecular weight is 181 g/mol. The van der Waals surface area contributed by atoms with E-state index in [1.54, 1.807) is 0 Å². The van der Waals surface area contributed by atoms with Gasteiger partial charge in [-0.25, -0.2) is 0 Å². The van der Waals surface area contributed by atoms with E-state index in [1.807, 2.05) is 0 Å². The van der Waals surface area contributed by atoms with Crippen molar-refractivity contribution in [3.05, 3.63) is 0 Å². The number of hydrogen-bond acceptors (Lipinski definition) is 1. The van der Waals surface area contributed by atoms with Crippen LogP contribution in [0.25, 0.3) is 0 Å². The summed E-state index contributed by atoms with van der Waals surface area (Å²) in [6, 6.07) is 0. The van der Waals surface area contributed by atoms with Crippen molar-refractivity contribution in [3.63, 3.8) is 0 Å². The van der Waals surface area contributed by atoms with Crippen LogP contribution in [0.5, 0.6) is 0 Å². The molecular weight excluding hydrogens is 158 g/mol. The predicted molar refractivity (Wildman–Crippen MR) is 56.4 cm³/mol. The third-order valence-corrected chi connectivity index (χ3v) is 5.40. The maximum Gasteiger partial charge on any atom is 0.0213 e. The quantitative estimate of drug-likeness (QED) is 0.696. The summed E-state index contributed by atoms with van der Waals surface area (Å²) < 4.78 is 0. The van der Waals surface area contributed by atoms with Gasteiger partial charge in [0.2, 0.25) is 0 Å². The highest BCUT2D eigenvalue weighted by Gasteiger charge is 2.61. The van der Waals surface area contributed by atoms with Crippen molar-refractivity contribution in [2.75, 3.05) is 0 Å². The van der Waals surface area contributed by atoms with Crippen LogP contribution >= 0.6 is 0 Å². The minimum atomic E-state index is 0.124. The molecule has 76 valence electrons. The van der Waals surface area contributed by atoms with E-state index in [1.165, 1.54) is 32.1 Å². The molecule has 0 radical (unpaired) electrons. The van der Waals surface area contributed by atoms with Crippen LogP contribution in [-0.4, -0.2) is 5.54 Å². The molecule has 0 aromatic carbocycles. The number of fused-ring (bicyclic) bond motifs is 2. The molecule has 0 saturated heterocycles. The fourth-order valence-corrected chi connectivity index (χ4v) is 4.46. The summed E-state index contributed by atoms with van der Waals surface area (Å²) in [6.07, 6.45) is 6.79. The van der Waals surface area contributed by atoms with E-state index in [0.717, 1.165) is 11.8 Å². The molecule has 2 saturated carbocycles. The third kappa shape index (κ3) is 0.918. The molecule has 0 amide bonds. The van der Waals surface area contributed by atoms with Crippen molar-refractivity contribution in [2.24, 2.45) is 23.0 Å². The van der Waals surface area contributed by atoms with Gasteiger partial charge in [0.15, 0.2) is 0 Å². The number of nitrogens with two attached hydrogens (primary N) is 1. The zero-order valence-corrected chi connectivity index (χ0v) is 9.27. The minimum absolute atomic E-state index is 0.124. The molecule has 2 bridgehead atoms. The molecule has 0 aliphatic heterocycles. The van der Waals surface area contributed by atoms with Crippen molar-refractivity contribution in [3.8, 4) is 0 Å². The van der Waals surface area contributed by atoms with Gasteiger partial charge in [0.1, 0.15) is 0 Å². The van der Waals surface area contributed by atoms with Gasteiger partial charge in [0.25, 0.3) is 0 Å². The van der Waals surface area contributed by atoms with Crippen LogP contribution in [0.15, 0.2) is 0 Å². The summed E-state index contributed by atoms with van der Waals surface area (Å²) >= 11 is 0. The molecule has 2 aliphatic carbocycles. The fraction of sp³-hybridized carbons (Fsp3) is 1.00. The molecule has 1 unspecified atom stereocenters. The highest BCUT2D eigenvalue weighted by molar-refractivity contribution is 5.15. The second-order valence-electron chi connectivity index (χ2n) is 5.35. The topological polar surface area (TPSA) is 26.0 Å². The first-order chi connectivity index (χ1) is 6.08. The van der Waals surface area contributed by atoms with Crippen LogP contribution in [0.2, 0.25) is 0 Å². The number of rotatable bonds is 2. The Balaban J connectivity index is 2.36. The average Bonchev–Trinajstić information content (AvgIpc) is 2.62. The Bertz CT molecular complexity index is 203. The Morgan fingerprint density at radius 2 is 1.69 bits per heavy atom. The lowest BCUT2D eigenvalue weighted by Crippen LogP contribution is -2.56. The van der Waals surface area contributed by atoms with E-state index < -0.39 is 0 Å². The van der Waals surface area contributed by atoms with Gasteiger partial charge in [-0.2, -0.15) is 0 Å². The first kappa shape index (κ1) is 9.51. The largest absolute Gasteiger partial charge is 0.325 e. The normalized spacial score (nSPS) is 47.1. The molecule has 0 aromatic rings. The van der Waals surface area contributed by atoms with Crippen molar-refractivity contribution in [1.29, 1.82) is 0 Å². The summed E-state index contributed by atoms with van der Waals surface area (Å²) in [5.41, 5.74) is 7.16. The SMILES string of the molecule is CCC1(CC)[C@H]2CCC(C2)[C@]1(C)N. The van der Waals surface area contributed by atoms with Crippen molar-refractivity contribution in [1.82, 2.24) is 0 Å². The smallest absolute Gasteiger partial charge is 0.0213 e. The number of hydrogen-bond donors (Lipinski definition) is 1. The molecule has 0 heterocycles. The van der Waals surface area contributed by atoms with E-state index >= 15 is 0 Å². The summed E-state index contributed by atoms with van der Waals surface area (Å²) in [5.74, 6) is 1.75. The monoisotopic (exact) mass is 181 g/mol. The molecular formula is C12H23N. The molecule has 2 fully saturated rings. The van der Waals surface area contributed by atoms with Crippen molar-refractivity contribution < 1.29 is 0 Å². The first-order valence-corrected chi connectivity index (χ1v) is 5.87. The molecule has 0 spiro atoms. The minimum Gasteiger partial charge on any atom is -0.325 e. The Kier molecular flexibility index (Phi) is 1.99. The first-order valence-electron chi connectivity index (χ1n) is 5.87. The summed E-state index contributed by atoms with van der Waals surface area (Å²) in [5, 5.41) is 0. The highest BCUT2D eigenvalue weighted by Crippen LogP contribution is 2.63. The molecule has 2 aliphatic rings. The van der Waals surface area contributed by atoms with Crippen LogP contribution in [0.1, 0.15) is 52.9 Å².